The minimum absolute atomic E-state index is 0.0892. The number of phenols is 1. The Kier molecular flexibility index (Phi) is 6.12. The number of hydrogen-bond donors (Lipinski definition) is 1. The summed E-state index contributed by atoms with van der Waals surface area (Å²) in [6.45, 7) is 6.17. The van der Waals surface area contributed by atoms with Gasteiger partial charge in [0.15, 0.2) is 0 Å². The van der Waals surface area contributed by atoms with Crippen LogP contribution < -0.4 is 0 Å². The van der Waals surface area contributed by atoms with Crippen LogP contribution >= 0.6 is 11.6 Å². The second kappa shape index (κ2) is 7.36. The first-order valence-corrected chi connectivity index (χ1v) is 6.80. The molecule has 0 unspecified atom stereocenters. The van der Waals surface area contributed by atoms with Gasteiger partial charge in [0.1, 0.15) is 5.75 Å². The highest BCUT2D eigenvalue weighted by Gasteiger charge is 2.14. The van der Waals surface area contributed by atoms with E-state index in [4.69, 9.17) is 11.6 Å². The fraction of sp³-hybridized carbons (Fsp3) is 0.500. The number of amides is 1. The molecular weight excluding hydrogens is 264 g/mol. The molecule has 0 aliphatic rings. The molecule has 5 heteroatoms. The zero-order valence-corrected chi connectivity index (χ0v) is 12.4. The van der Waals surface area contributed by atoms with Gasteiger partial charge in [0.2, 0.25) is 5.91 Å². The van der Waals surface area contributed by atoms with Gasteiger partial charge in [-0.2, -0.15) is 0 Å². The molecule has 1 N–H and O–H groups in total. The van der Waals surface area contributed by atoms with E-state index in [0.717, 1.165) is 5.56 Å². The fourth-order valence-electron chi connectivity index (χ4n) is 1.94. The maximum absolute atomic E-state index is 12.0. The number of halogens is 1. The van der Waals surface area contributed by atoms with Crippen LogP contribution in [-0.2, 0) is 11.3 Å². The van der Waals surface area contributed by atoms with Gasteiger partial charge in [0.25, 0.3) is 0 Å². The quantitative estimate of drug-likeness (QED) is 0.872. The van der Waals surface area contributed by atoms with Crippen molar-refractivity contribution in [1.82, 2.24) is 9.80 Å². The summed E-state index contributed by atoms with van der Waals surface area (Å²) < 4.78 is 0. The number of aromatic hydroxyl groups is 1. The van der Waals surface area contributed by atoms with E-state index in [9.17, 15) is 9.90 Å². The van der Waals surface area contributed by atoms with E-state index in [0.29, 0.717) is 31.2 Å². The highest BCUT2D eigenvalue weighted by Crippen LogP contribution is 2.27. The van der Waals surface area contributed by atoms with E-state index in [-0.39, 0.29) is 11.7 Å². The first-order chi connectivity index (χ1) is 8.99. The van der Waals surface area contributed by atoms with Crippen LogP contribution in [0.15, 0.2) is 18.2 Å². The van der Waals surface area contributed by atoms with Crippen LogP contribution in [0.2, 0.25) is 5.02 Å². The van der Waals surface area contributed by atoms with Crippen LogP contribution in [0.1, 0.15) is 19.4 Å². The second-order valence-corrected chi connectivity index (χ2v) is 4.89. The summed E-state index contributed by atoms with van der Waals surface area (Å²) in [6, 6.07) is 5.23. The number of likely N-dealkylation sites (N-methyl/N-ethyl adjacent to an activating group) is 2. The Balaban J connectivity index is 2.62. The van der Waals surface area contributed by atoms with E-state index < -0.39 is 0 Å². The summed E-state index contributed by atoms with van der Waals surface area (Å²) in [5, 5.41) is 10.2. The normalized spacial score (nSPS) is 10.8. The van der Waals surface area contributed by atoms with Crippen molar-refractivity contribution in [3.63, 3.8) is 0 Å². The molecule has 0 spiro atoms. The van der Waals surface area contributed by atoms with Crippen molar-refractivity contribution in [3.8, 4) is 5.75 Å². The third kappa shape index (κ3) is 4.40. The lowest BCUT2D eigenvalue weighted by Crippen LogP contribution is -2.38. The van der Waals surface area contributed by atoms with Crippen molar-refractivity contribution in [3.05, 3.63) is 28.8 Å². The highest BCUT2D eigenvalue weighted by molar-refractivity contribution is 6.32. The smallest absolute Gasteiger partial charge is 0.236 e. The Labute approximate surface area is 119 Å². The summed E-state index contributed by atoms with van der Waals surface area (Å²) in [7, 11) is 1.85. The highest BCUT2D eigenvalue weighted by atomic mass is 35.5. The molecule has 19 heavy (non-hydrogen) atoms. The standard InChI is InChI=1S/C14H21ClN2O2/c1-4-17(5-2)13(18)10-16(3)9-11-7-6-8-12(15)14(11)19/h6-8,19H,4-5,9-10H2,1-3H3. The van der Waals surface area contributed by atoms with Gasteiger partial charge in [0, 0.05) is 25.2 Å². The first-order valence-electron chi connectivity index (χ1n) is 6.42. The molecule has 0 fully saturated rings. The lowest BCUT2D eigenvalue weighted by Gasteiger charge is -2.23. The molecular formula is C14H21ClN2O2. The van der Waals surface area contributed by atoms with Crippen LogP contribution in [-0.4, -0.2) is 47.5 Å². The molecule has 0 aliphatic heterocycles. The van der Waals surface area contributed by atoms with Crippen molar-refractivity contribution in [2.45, 2.75) is 20.4 Å². The molecule has 0 aliphatic carbocycles. The number of nitrogens with zero attached hydrogens (tertiary/aromatic N) is 2. The monoisotopic (exact) mass is 284 g/mol. The molecule has 0 heterocycles. The molecule has 1 aromatic carbocycles. The van der Waals surface area contributed by atoms with Crippen LogP contribution in [0.4, 0.5) is 0 Å². The van der Waals surface area contributed by atoms with Gasteiger partial charge in [-0.3, -0.25) is 9.69 Å². The van der Waals surface area contributed by atoms with Crippen molar-refractivity contribution in [2.24, 2.45) is 0 Å². The summed E-state index contributed by atoms with van der Waals surface area (Å²) in [5.74, 6) is 0.181. The zero-order chi connectivity index (χ0) is 14.4. The molecule has 4 nitrogen and oxygen atoms in total. The van der Waals surface area contributed by atoms with Crippen LogP contribution in [0.25, 0.3) is 0 Å². The predicted octanol–water partition coefficient (Wildman–Crippen LogP) is 2.35. The van der Waals surface area contributed by atoms with E-state index in [1.807, 2.05) is 25.8 Å². The molecule has 106 valence electrons. The third-order valence-corrected chi connectivity index (χ3v) is 3.34. The molecule has 1 amide bonds. The van der Waals surface area contributed by atoms with Crippen LogP contribution in [0, 0.1) is 0 Å². The number of phenolic OH excluding ortho intramolecular Hbond substituents is 1. The fourth-order valence-corrected chi connectivity index (χ4v) is 2.14. The van der Waals surface area contributed by atoms with Crippen LogP contribution in [0.5, 0.6) is 5.75 Å². The Hall–Kier alpha value is -1.26. The van der Waals surface area contributed by atoms with E-state index >= 15 is 0 Å². The van der Waals surface area contributed by atoms with E-state index in [1.54, 1.807) is 23.1 Å². The average Bonchev–Trinajstić information content (AvgIpc) is 2.36. The maximum atomic E-state index is 12.0. The number of carbonyl (C=O) groups excluding carboxylic acids is 1. The first kappa shape index (κ1) is 15.8. The Morgan fingerprint density at radius 3 is 2.53 bits per heavy atom. The molecule has 0 atom stereocenters. The maximum Gasteiger partial charge on any atom is 0.236 e. The summed E-state index contributed by atoms with van der Waals surface area (Å²) in [5.41, 5.74) is 0.724. The Morgan fingerprint density at radius 1 is 1.32 bits per heavy atom. The number of rotatable bonds is 6. The Morgan fingerprint density at radius 2 is 1.95 bits per heavy atom. The van der Waals surface area contributed by atoms with Gasteiger partial charge in [-0.1, -0.05) is 23.7 Å². The summed E-state index contributed by atoms with van der Waals surface area (Å²) in [6.07, 6.45) is 0. The molecule has 0 saturated heterocycles. The Bertz CT molecular complexity index is 433. The number of benzene rings is 1. The minimum Gasteiger partial charge on any atom is -0.506 e. The summed E-state index contributed by atoms with van der Waals surface area (Å²) >= 11 is 5.85. The van der Waals surface area contributed by atoms with Gasteiger partial charge in [0.05, 0.1) is 11.6 Å². The van der Waals surface area contributed by atoms with Crippen molar-refractivity contribution >= 4 is 17.5 Å². The molecule has 1 aromatic rings. The third-order valence-electron chi connectivity index (χ3n) is 3.03. The lowest BCUT2D eigenvalue weighted by molar-refractivity contribution is -0.131. The van der Waals surface area contributed by atoms with Crippen molar-refractivity contribution in [2.75, 3.05) is 26.7 Å². The molecule has 0 aromatic heterocycles. The molecule has 1 rings (SSSR count). The zero-order valence-electron chi connectivity index (χ0n) is 11.7. The molecule has 0 bridgehead atoms. The van der Waals surface area contributed by atoms with Gasteiger partial charge >= 0.3 is 0 Å². The lowest BCUT2D eigenvalue weighted by atomic mass is 10.2. The van der Waals surface area contributed by atoms with Gasteiger partial charge in [-0.25, -0.2) is 0 Å². The minimum atomic E-state index is 0.0892. The van der Waals surface area contributed by atoms with Gasteiger partial charge < -0.3 is 10.0 Å². The largest absolute Gasteiger partial charge is 0.506 e. The second-order valence-electron chi connectivity index (χ2n) is 4.49. The van der Waals surface area contributed by atoms with Gasteiger partial charge in [-0.05, 0) is 27.0 Å². The SMILES string of the molecule is CCN(CC)C(=O)CN(C)Cc1cccc(Cl)c1O. The number of para-hydroxylation sites is 1. The van der Waals surface area contributed by atoms with E-state index in [2.05, 4.69) is 0 Å². The van der Waals surface area contributed by atoms with Crippen molar-refractivity contribution < 1.29 is 9.90 Å². The topological polar surface area (TPSA) is 43.8 Å². The number of carbonyl (C=O) groups is 1. The van der Waals surface area contributed by atoms with Crippen LogP contribution in [0.3, 0.4) is 0 Å². The van der Waals surface area contributed by atoms with Gasteiger partial charge in [-0.15, -0.1) is 0 Å². The van der Waals surface area contributed by atoms with Crippen molar-refractivity contribution in [1.29, 1.82) is 0 Å². The molecule has 0 saturated carbocycles. The van der Waals surface area contributed by atoms with E-state index in [1.165, 1.54) is 0 Å². The molecule has 0 radical (unpaired) electrons. The summed E-state index contributed by atoms with van der Waals surface area (Å²) in [4.78, 5) is 15.6. The predicted molar refractivity (Wildman–Crippen MR) is 77.4 cm³/mol. The number of hydrogen-bond acceptors (Lipinski definition) is 3. The average molecular weight is 285 g/mol.